The lowest BCUT2D eigenvalue weighted by Gasteiger charge is -2.33. The minimum absolute atomic E-state index is 0.532. The highest BCUT2D eigenvalue weighted by molar-refractivity contribution is 14.1. The van der Waals surface area contributed by atoms with Crippen molar-refractivity contribution in [2.45, 2.75) is 20.8 Å². The molecule has 0 aliphatic carbocycles. The third kappa shape index (κ3) is 3.82. The van der Waals surface area contributed by atoms with Crippen LogP contribution in [-0.4, -0.2) is 35.7 Å². The first-order valence-electron chi connectivity index (χ1n) is 11.7. The maximum atomic E-state index is 16.6. The molecular weight excluding hydrogens is 681 g/mol. The summed E-state index contributed by atoms with van der Waals surface area (Å²) in [4.78, 5) is 2.04. The Hall–Kier alpha value is -2.21. The summed E-state index contributed by atoms with van der Waals surface area (Å²) in [5, 5.41) is 0. The zero-order chi connectivity index (χ0) is 25.9. The maximum absolute atomic E-state index is 16.6. The van der Waals surface area contributed by atoms with E-state index in [0.717, 1.165) is 40.7 Å². The number of halogens is 4. The lowest BCUT2D eigenvalue weighted by Crippen LogP contribution is -2.51. The van der Waals surface area contributed by atoms with Crippen molar-refractivity contribution in [2.75, 3.05) is 19.0 Å². The van der Waals surface area contributed by atoms with E-state index in [1.807, 2.05) is 99.6 Å². The second kappa shape index (κ2) is 9.27. The number of hydrogen-bond donors (Lipinski definition) is 0. The Morgan fingerprint density at radius 1 is 0.917 bits per heavy atom. The molecule has 3 heterocycles. The average Bonchev–Trinajstić information content (AvgIpc) is 3.25. The van der Waals surface area contributed by atoms with E-state index in [2.05, 4.69) is 45.2 Å². The van der Waals surface area contributed by atoms with Gasteiger partial charge in [-0.3, -0.25) is 0 Å². The third-order valence-corrected chi connectivity index (χ3v) is 9.97. The Bertz CT molecular complexity index is 1510. The first-order chi connectivity index (χ1) is 17.1. The van der Waals surface area contributed by atoms with Gasteiger partial charge in [-0.2, -0.15) is 0 Å². The Morgan fingerprint density at radius 2 is 1.56 bits per heavy atom. The topological polar surface area (TPSA) is 11.2 Å². The van der Waals surface area contributed by atoms with Gasteiger partial charge in [0.2, 0.25) is 0 Å². The smallest absolute Gasteiger partial charge is 0.392 e. The van der Waals surface area contributed by atoms with Gasteiger partial charge in [-0.15, -0.1) is 0 Å². The lowest BCUT2D eigenvalue weighted by molar-refractivity contribution is -0.362. The van der Waals surface area contributed by atoms with E-state index in [9.17, 15) is 0 Å². The summed E-state index contributed by atoms with van der Waals surface area (Å²) in [6, 6.07) is 18.0. The second-order valence-corrected chi connectivity index (χ2v) is 11.6. The molecule has 184 valence electrons. The van der Waals surface area contributed by atoms with Crippen molar-refractivity contribution < 1.29 is 13.1 Å². The van der Waals surface area contributed by atoms with Crippen LogP contribution in [0.5, 0.6) is 0 Å². The number of rotatable bonds is 4. The molecule has 0 saturated heterocycles. The van der Waals surface area contributed by atoms with Gasteiger partial charge in [0, 0.05) is 40.7 Å². The summed E-state index contributed by atoms with van der Waals surface area (Å²) >= 11 is 4.43. The summed E-state index contributed by atoms with van der Waals surface area (Å²) in [5.74, 6) is 0. The van der Waals surface area contributed by atoms with Gasteiger partial charge < -0.3 is 22.5 Å². The molecule has 5 rings (SSSR count). The second-order valence-electron chi connectivity index (χ2n) is 9.43. The van der Waals surface area contributed by atoms with Gasteiger partial charge in [0.15, 0.2) is 11.4 Å². The summed E-state index contributed by atoms with van der Waals surface area (Å²) in [6.45, 7) is 1.60. The highest BCUT2D eigenvalue weighted by Gasteiger charge is 2.57. The molecule has 0 bridgehead atoms. The van der Waals surface area contributed by atoms with Crippen molar-refractivity contribution >= 4 is 75.2 Å². The maximum Gasteiger partial charge on any atom is 0.737 e. The van der Waals surface area contributed by atoms with E-state index in [1.165, 1.54) is 8.96 Å². The van der Waals surface area contributed by atoms with Crippen LogP contribution < -0.4 is 4.90 Å². The van der Waals surface area contributed by atoms with Crippen LogP contribution in [0.15, 0.2) is 75.5 Å². The molecule has 0 fully saturated rings. The number of benzene rings is 2. The van der Waals surface area contributed by atoms with Gasteiger partial charge in [-0.1, -0.05) is 42.5 Å². The van der Waals surface area contributed by atoms with E-state index in [1.54, 1.807) is 6.92 Å². The molecule has 2 aliphatic rings. The molecule has 1 aromatic heterocycles. The van der Waals surface area contributed by atoms with Crippen molar-refractivity contribution in [2.24, 2.45) is 0 Å². The zero-order valence-electron chi connectivity index (χ0n) is 20.8. The average molecular weight is 707 g/mol. The van der Waals surface area contributed by atoms with Crippen molar-refractivity contribution in [3.05, 3.63) is 107 Å². The summed E-state index contributed by atoms with van der Waals surface area (Å²) < 4.78 is 37.5. The highest BCUT2D eigenvalue weighted by atomic mass is 127. The predicted molar refractivity (Wildman–Crippen MR) is 164 cm³/mol. The van der Waals surface area contributed by atoms with Crippen LogP contribution in [0.1, 0.15) is 35.0 Å². The molecule has 0 atom stereocenters. The monoisotopic (exact) mass is 707 g/mol. The van der Waals surface area contributed by atoms with Gasteiger partial charge >= 0.3 is 6.97 Å². The van der Waals surface area contributed by atoms with Crippen LogP contribution in [0.4, 0.5) is 14.3 Å². The normalized spacial score (nSPS) is 16.8. The molecule has 2 aliphatic heterocycles. The van der Waals surface area contributed by atoms with E-state index < -0.39 is 6.97 Å². The van der Waals surface area contributed by atoms with Crippen molar-refractivity contribution in [3.8, 4) is 0 Å². The van der Waals surface area contributed by atoms with E-state index >= 15 is 8.63 Å². The van der Waals surface area contributed by atoms with Crippen molar-refractivity contribution in [1.82, 2.24) is 4.48 Å². The Balaban J connectivity index is 1.79. The Labute approximate surface area is 238 Å². The highest BCUT2D eigenvalue weighted by Crippen LogP contribution is 2.47. The third-order valence-electron chi connectivity index (χ3n) is 7.01. The largest absolute Gasteiger partial charge is 0.737 e. The predicted octanol–water partition coefficient (Wildman–Crippen LogP) is 7.66. The Morgan fingerprint density at radius 3 is 2.17 bits per heavy atom. The molecule has 36 heavy (non-hydrogen) atoms. The molecular formula is C28H26BF2I2N3. The number of nitrogens with zero attached hydrogens (tertiary/aromatic N) is 3. The van der Waals surface area contributed by atoms with Crippen LogP contribution >= 0.6 is 45.2 Å². The van der Waals surface area contributed by atoms with E-state index in [4.69, 9.17) is 0 Å². The molecule has 0 amide bonds. The number of fused-ring (bicyclic) bond motifs is 2. The summed E-state index contributed by atoms with van der Waals surface area (Å²) in [7, 11) is 3.99. The summed E-state index contributed by atoms with van der Waals surface area (Å²) in [6.07, 6.45) is 3.76. The SMILES string of the molecule is CC1=C(I)C(/C=C/c2ccc(N(C)C)cc2)=[N+]2C1=C(c1ccccc1)c1c(C)c(I)c(C)n1[B-]2(F)F. The molecule has 8 heteroatoms. The van der Waals surface area contributed by atoms with Crippen LogP contribution in [-0.2, 0) is 0 Å². The molecule has 0 saturated carbocycles. The molecule has 3 nitrogen and oxygen atoms in total. The molecule has 2 aromatic carbocycles. The van der Waals surface area contributed by atoms with Gasteiger partial charge in [0.25, 0.3) is 0 Å². The van der Waals surface area contributed by atoms with E-state index in [0.29, 0.717) is 22.8 Å². The molecule has 0 unspecified atom stereocenters. The minimum atomic E-state index is -4.10. The number of allylic oxidation sites excluding steroid dienone is 3. The van der Waals surface area contributed by atoms with Crippen LogP contribution in [0, 0.1) is 17.4 Å². The van der Waals surface area contributed by atoms with E-state index in [-0.39, 0.29) is 0 Å². The number of hydrogen-bond acceptors (Lipinski definition) is 1. The Kier molecular flexibility index (Phi) is 6.55. The van der Waals surface area contributed by atoms with Gasteiger partial charge in [-0.25, -0.2) is 0 Å². The van der Waals surface area contributed by atoms with Crippen molar-refractivity contribution in [3.63, 3.8) is 0 Å². The fourth-order valence-corrected chi connectivity index (χ4v) is 6.39. The molecule has 0 N–H and O–H groups in total. The quantitative estimate of drug-likeness (QED) is 0.200. The van der Waals surface area contributed by atoms with Crippen LogP contribution in [0.2, 0.25) is 0 Å². The standard InChI is InChI=1S/C28H26BF2I2N3/c1-17-25(32)19(3)35-27(17)24(21-9-7-6-8-10-21)28-18(2)26(33)23(36(28)29(35,30)31)16-13-20-11-14-22(15-12-20)34(4)5/h6-16H,1-5H3/b16-13+. The molecule has 3 aromatic rings. The number of anilines is 1. The van der Waals surface area contributed by atoms with Gasteiger partial charge in [-0.05, 0) is 107 Å². The molecule has 0 spiro atoms. The van der Waals surface area contributed by atoms with Crippen LogP contribution in [0.3, 0.4) is 0 Å². The minimum Gasteiger partial charge on any atom is -0.392 e. The molecule has 0 radical (unpaired) electrons. The first kappa shape index (κ1) is 25.4. The van der Waals surface area contributed by atoms with Gasteiger partial charge in [0.05, 0.1) is 9.15 Å². The first-order valence-corrected chi connectivity index (χ1v) is 13.9. The summed E-state index contributed by atoms with van der Waals surface area (Å²) in [5.41, 5.74) is 7.98. The lowest BCUT2D eigenvalue weighted by atomic mass is 9.84. The van der Waals surface area contributed by atoms with Crippen LogP contribution in [0.25, 0.3) is 11.6 Å². The fraction of sp³-hybridized carbons (Fsp3) is 0.179. The zero-order valence-corrected chi connectivity index (χ0v) is 25.1. The fourth-order valence-electron chi connectivity index (χ4n) is 5.18. The number of aromatic nitrogens is 1. The van der Waals surface area contributed by atoms with Crippen molar-refractivity contribution in [1.29, 1.82) is 0 Å². The van der Waals surface area contributed by atoms with Gasteiger partial charge in [0.1, 0.15) is 0 Å².